The van der Waals surface area contributed by atoms with Gasteiger partial charge < -0.3 is 10.1 Å². The van der Waals surface area contributed by atoms with E-state index in [1.165, 1.54) is 19.3 Å². The highest BCUT2D eigenvalue weighted by atomic mass is 16.1. The van der Waals surface area contributed by atoms with Gasteiger partial charge in [0, 0.05) is 12.5 Å². The summed E-state index contributed by atoms with van der Waals surface area (Å²) in [6.45, 7) is 1.10. The summed E-state index contributed by atoms with van der Waals surface area (Å²) in [6, 6.07) is 0.483. The number of piperidine rings is 1. The number of carbonyl (C=O) groups excluding carboxylic acids is 1. The first-order valence-corrected chi connectivity index (χ1v) is 3.60. The predicted octanol–water partition coefficient (Wildman–Crippen LogP) is 0.718. The molecule has 0 aromatic rings. The molecule has 2 heteroatoms. The van der Waals surface area contributed by atoms with Gasteiger partial charge in [-0.15, -0.1) is 0 Å². The molecule has 0 aromatic heterocycles. The number of hydrogen-bond acceptors (Lipinski definition) is 2. The van der Waals surface area contributed by atoms with Gasteiger partial charge in [-0.2, -0.15) is 0 Å². The van der Waals surface area contributed by atoms with Crippen molar-refractivity contribution < 1.29 is 4.79 Å². The molecule has 1 rings (SSSR count). The zero-order valence-electron chi connectivity index (χ0n) is 5.60. The standard InChI is InChI=1S/C7H13NO/c9-6-4-7-3-1-2-5-8-7/h6-8H,1-5H2/t7-/m1/s1. The van der Waals surface area contributed by atoms with Gasteiger partial charge in [-0.3, -0.25) is 0 Å². The molecule has 1 aliphatic rings. The highest BCUT2D eigenvalue weighted by Crippen LogP contribution is 2.07. The normalized spacial score (nSPS) is 27.8. The SMILES string of the molecule is O=CC[C@H]1CCCCN1. The van der Waals surface area contributed by atoms with Crippen molar-refractivity contribution in [2.75, 3.05) is 6.54 Å². The Hall–Kier alpha value is -0.370. The fourth-order valence-electron chi connectivity index (χ4n) is 1.24. The molecule has 9 heavy (non-hydrogen) atoms. The van der Waals surface area contributed by atoms with Crippen LogP contribution in [0.15, 0.2) is 0 Å². The molecule has 1 fully saturated rings. The van der Waals surface area contributed by atoms with Crippen molar-refractivity contribution in [2.24, 2.45) is 0 Å². The summed E-state index contributed by atoms with van der Waals surface area (Å²) in [5.74, 6) is 0. The van der Waals surface area contributed by atoms with Crippen molar-refractivity contribution in [1.29, 1.82) is 0 Å². The molecule has 0 radical (unpaired) electrons. The van der Waals surface area contributed by atoms with Gasteiger partial charge in [-0.25, -0.2) is 0 Å². The Labute approximate surface area is 55.6 Å². The Kier molecular flexibility index (Phi) is 2.71. The third kappa shape index (κ3) is 2.14. The predicted molar refractivity (Wildman–Crippen MR) is 36.3 cm³/mol. The molecule has 1 N–H and O–H groups in total. The average molecular weight is 127 g/mol. The monoisotopic (exact) mass is 127 g/mol. The number of hydrogen-bond donors (Lipinski definition) is 1. The van der Waals surface area contributed by atoms with Gasteiger partial charge in [0.05, 0.1) is 0 Å². The van der Waals surface area contributed by atoms with Crippen LogP contribution in [-0.2, 0) is 4.79 Å². The Morgan fingerprint density at radius 3 is 3.00 bits per heavy atom. The quantitative estimate of drug-likeness (QED) is 0.554. The van der Waals surface area contributed by atoms with Gasteiger partial charge in [-0.1, -0.05) is 6.42 Å². The van der Waals surface area contributed by atoms with Crippen LogP contribution in [0.4, 0.5) is 0 Å². The van der Waals surface area contributed by atoms with Gasteiger partial charge in [-0.05, 0) is 19.4 Å². The van der Waals surface area contributed by atoms with Crippen LogP contribution in [0.1, 0.15) is 25.7 Å². The van der Waals surface area contributed by atoms with E-state index < -0.39 is 0 Å². The number of aldehydes is 1. The first kappa shape index (κ1) is 6.75. The van der Waals surface area contributed by atoms with E-state index in [0.717, 1.165) is 12.8 Å². The van der Waals surface area contributed by atoms with Gasteiger partial charge in [0.1, 0.15) is 6.29 Å². The third-order valence-electron chi connectivity index (χ3n) is 1.79. The minimum Gasteiger partial charge on any atom is -0.314 e. The van der Waals surface area contributed by atoms with Crippen LogP contribution in [0.25, 0.3) is 0 Å². The van der Waals surface area contributed by atoms with Gasteiger partial charge in [0.2, 0.25) is 0 Å². The van der Waals surface area contributed by atoms with Gasteiger partial charge in [0.25, 0.3) is 0 Å². The molecule has 1 heterocycles. The Morgan fingerprint density at radius 1 is 1.56 bits per heavy atom. The molecule has 0 spiro atoms. The maximum atomic E-state index is 10.0. The van der Waals surface area contributed by atoms with Crippen LogP contribution in [0.5, 0.6) is 0 Å². The molecular formula is C7H13NO. The molecule has 2 nitrogen and oxygen atoms in total. The summed E-state index contributed by atoms with van der Waals surface area (Å²) in [4.78, 5) is 10.0. The van der Waals surface area contributed by atoms with Crippen molar-refractivity contribution in [1.82, 2.24) is 5.32 Å². The second-order valence-corrected chi connectivity index (χ2v) is 2.55. The minimum absolute atomic E-state index is 0.483. The maximum Gasteiger partial charge on any atom is 0.121 e. The molecule has 0 saturated carbocycles. The lowest BCUT2D eigenvalue weighted by molar-refractivity contribution is -0.108. The molecule has 1 atom stereocenters. The lowest BCUT2D eigenvalue weighted by atomic mass is 10.0. The van der Waals surface area contributed by atoms with E-state index in [1.807, 2.05) is 0 Å². The van der Waals surface area contributed by atoms with E-state index in [2.05, 4.69) is 5.32 Å². The highest BCUT2D eigenvalue weighted by molar-refractivity contribution is 5.50. The summed E-state index contributed by atoms with van der Waals surface area (Å²) in [5, 5.41) is 3.29. The lowest BCUT2D eigenvalue weighted by Crippen LogP contribution is -2.33. The van der Waals surface area contributed by atoms with Crippen molar-refractivity contribution in [2.45, 2.75) is 31.7 Å². The van der Waals surface area contributed by atoms with Crippen molar-refractivity contribution in [3.05, 3.63) is 0 Å². The first-order chi connectivity index (χ1) is 4.43. The molecule has 1 saturated heterocycles. The molecule has 0 amide bonds. The van der Waals surface area contributed by atoms with Gasteiger partial charge >= 0.3 is 0 Å². The van der Waals surface area contributed by atoms with Crippen LogP contribution in [0.3, 0.4) is 0 Å². The molecule has 0 aromatic carbocycles. The molecule has 1 aliphatic heterocycles. The van der Waals surface area contributed by atoms with E-state index in [1.54, 1.807) is 0 Å². The zero-order valence-corrected chi connectivity index (χ0v) is 5.60. The van der Waals surface area contributed by atoms with Crippen LogP contribution in [0.2, 0.25) is 0 Å². The summed E-state index contributed by atoms with van der Waals surface area (Å²) >= 11 is 0. The third-order valence-corrected chi connectivity index (χ3v) is 1.79. The largest absolute Gasteiger partial charge is 0.314 e. The summed E-state index contributed by atoms with van der Waals surface area (Å²) < 4.78 is 0. The fourth-order valence-corrected chi connectivity index (χ4v) is 1.24. The van der Waals surface area contributed by atoms with Crippen molar-refractivity contribution >= 4 is 6.29 Å². The fraction of sp³-hybridized carbons (Fsp3) is 0.857. The van der Waals surface area contributed by atoms with Crippen molar-refractivity contribution in [3.8, 4) is 0 Å². The Morgan fingerprint density at radius 2 is 2.44 bits per heavy atom. The molecule has 0 aliphatic carbocycles. The molecule has 0 unspecified atom stereocenters. The zero-order chi connectivity index (χ0) is 6.53. The second-order valence-electron chi connectivity index (χ2n) is 2.55. The van der Waals surface area contributed by atoms with E-state index in [4.69, 9.17) is 0 Å². The maximum absolute atomic E-state index is 10.0. The van der Waals surface area contributed by atoms with E-state index in [0.29, 0.717) is 12.5 Å². The van der Waals surface area contributed by atoms with Crippen molar-refractivity contribution in [3.63, 3.8) is 0 Å². The highest BCUT2D eigenvalue weighted by Gasteiger charge is 2.10. The Balaban J connectivity index is 2.15. The van der Waals surface area contributed by atoms with E-state index in [9.17, 15) is 4.79 Å². The number of carbonyl (C=O) groups is 1. The second kappa shape index (κ2) is 3.62. The van der Waals surface area contributed by atoms with Crippen LogP contribution < -0.4 is 5.32 Å². The lowest BCUT2D eigenvalue weighted by Gasteiger charge is -2.20. The van der Waals surface area contributed by atoms with Crippen LogP contribution >= 0.6 is 0 Å². The molecular weight excluding hydrogens is 114 g/mol. The number of rotatable bonds is 2. The first-order valence-electron chi connectivity index (χ1n) is 3.60. The summed E-state index contributed by atoms with van der Waals surface area (Å²) in [6.07, 6.45) is 5.43. The van der Waals surface area contributed by atoms with E-state index >= 15 is 0 Å². The summed E-state index contributed by atoms with van der Waals surface area (Å²) in [7, 11) is 0. The minimum atomic E-state index is 0.483. The average Bonchev–Trinajstić information content (AvgIpc) is 1.91. The van der Waals surface area contributed by atoms with Crippen LogP contribution in [-0.4, -0.2) is 18.9 Å². The topological polar surface area (TPSA) is 29.1 Å². The number of nitrogens with one attached hydrogen (secondary N) is 1. The smallest absolute Gasteiger partial charge is 0.121 e. The molecule has 52 valence electrons. The van der Waals surface area contributed by atoms with E-state index in [-0.39, 0.29) is 0 Å². The van der Waals surface area contributed by atoms with Crippen LogP contribution in [0, 0.1) is 0 Å². The summed E-state index contributed by atoms with van der Waals surface area (Å²) in [5.41, 5.74) is 0. The molecule has 0 bridgehead atoms. The Bertz CT molecular complexity index is 86.9. The van der Waals surface area contributed by atoms with Gasteiger partial charge in [0.15, 0.2) is 0 Å².